The van der Waals surface area contributed by atoms with Crippen LogP contribution in [0.5, 0.6) is 0 Å². The minimum atomic E-state index is -1.09. The number of esters is 1. The molecule has 0 radical (unpaired) electrons. The summed E-state index contributed by atoms with van der Waals surface area (Å²) in [6.45, 7) is 0. The molecule has 0 aliphatic carbocycles. The maximum Gasteiger partial charge on any atom is 0.316 e. The summed E-state index contributed by atoms with van der Waals surface area (Å²) in [5.74, 6) is -1.77. The molecule has 20 heavy (non-hydrogen) atoms. The molecule has 0 aliphatic heterocycles. The van der Waals surface area contributed by atoms with Gasteiger partial charge >= 0.3 is 5.97 Å². The standard InChI is InChI=1S/C16H15FO3/c1-20-16(19)14(11-5-3-2-4-6-11)15(18)12-7-9-13(17)10-8-12/h2-10,14-15,18H,1H3/t14-,15-/m0/s1. The summed E-state index contributed by atoms with van der Waals surface area (Å²) < 4.78 is 17.7. The number of methoxy groups -OCH3 is 1. The zero-order valence-corrected chi connectivity index (χ0v) is 11.0. The predicted octanol–water partition coefficient (Wildman–Crippen LogP) is 2.82. The number of rotatable bonds is 4. The highest BCUT2D eigenvalue weighted by atomic mass is 19.1. The lowest BCUT2D eigenvalue weighted by Crippen LogP contribution is -2.21. The van der Waals surface area contributed by atoms with Crippen molar-refractivity contribution in [2.45, 2.75) is 12.0 Å². The van der Waals surface area contributed by atoms with Crippen molar-refractivity contribution in [1.82, 2.24) is 0 Å². The SMILES string of the molecule is COC(=O)[C@@H](c1ccccc1)[C@@H](O)c1ccc(F)cc1. The number of aliphatic hydroxyl groups is 1. The average molecular weight is 274 g/mol. The molecule has 0 heterocycles. The quantitative estimate of drug-likeness (QED) is 0.872. The van der Waals surface area contributed by atoms with E-state index in [2.05, 4.69) is 0 Å². The van der Waals surface area contributed by atoms with Gasteiger partial charge in [0.25, 0.3) is 0 Å². The van der Waals surface area contributed by atoms with Gasteiger partial charge in [-0.3, -0.25) is 4.79 Å². The zero-order chi connectivity index (χ0) is 14.5. The summed E-state index contributed by atoms with van der Waals surface area (Å²) in [5.41, 5.74) is 1.11. The Kier molecular flexibility index (Phi) is 4.48. The maximum atomic E-state index is 12.9. The van der Waals surface area contributed by atoms with Crippen LogP contribution in [0.4, 0.5) is 4.39 Å². The van der Waals surface area contributed by atoms with Crippen molar-refractivity contribution >= 4 is 5.97 Å². The molecule has 0 amide bonds. The van der Waals surface area contributed by atoms with Crippen LogP contribution in [0.1, 0.15) is 23.1 Å². The molecule has 104 valence electrons. The highest BCUT2D eigenvalue weighted by Crippen LogP contribution is 2.32. The van der Waals surface area contributed by atoms with Crippen molar-refractivity contribution in [2.24, 2.45) is 0 Å². The first-order valence-electron chi connectivity index (χ1n) is 6.20. The Balaban J connectivity index is 2.36. The van der Waals surface area contributed by atoms with Crippen LogP contribution in [-0.4, -0.2) is 18.2 Å². The van der Waals surface area contributed by atoms with E-state index in [0.29, 0.717) is 11.1 Å². The van der Waals surface area contributed by atoms with Crippen LogP contribution in [0.15, 0.2) is 54.6 Å². The lowest BCUT2D eigenvalue weighted by molar-refractivity contribution is -0.145. The fourth-order valence-electron chi connectivity index (χ4n) is 2.09. The number of carbonyl (C=O) groups is 1. The molecule has 0 spiro atoms. The smallest absolute Gasteiger partial charge is 0.316 e. The van der Waals surface area contributed by atoms with Crippen LogP contribution in [0.2, 0.25) is 0 Å². The molecule has 0 saturated heterocycles. The monoisotopic (exact) mass is 274 g/mol. The molecule has 0 fully saturated rings. The number of hydrogen-bond acceptors (Lipinski definition) is 3. The van der Waals surface area contributed by atoms with Gasteiger partial charge in [0.1, 0.15) is 11.7 Å². The van der Waals surface area contributed by atoms with Crippen molar-refractivity contribution < 1.29 is 19.0 Å². The minimum absolute atomic E-state index is 0.393. The van der Waals surface area contributed by atoms with Gasteiger partial charge in [0, 0.05) is 0 Å². The molecule has 2 aromatic rings. The Morgan fingerprint density at radius 1 is 1.05 bits per heavy atom. The fourth-order valence-corrected chi connectivity index (χ4v) is 2.09. The Bertz CT molecular complexity index is 566. The van der Waals surface area contributed by atoms with Crippen molar-refractivity contribution in [1.29, 1.82) is 0 Å². The highest BCUT2D eigenvalue weighted by molar-refractivity contribution is 5.79. The van der Waals surface area contributed by atoms with E-state index >= 15 is 0 Å². The second kappa shape index (κ2) is 6.30. The Morgan fingerprint density at radius 3 is 2.20 bits per heavy atom. The minimum Gasteiger partial charge on any atom is -0.468 e. The molecule has 0 saturated carbocycles. The molecular formula is C16H15FO3. The number of halogens is 1. The zero-order valence-electron chi connectivity index (χ0n) is 11.0. The number of aliphatic hydroxyl groups excluding tert-OH is 1. The van der Waals surface area contributed by atoms with E-state index in [1.165, 1.54) is 31.4 Å². The second-order valence-electron chi connectivity index (χ2n) is 4.41. The van der Waals surface area contributed by atoms with Crippen LogP contribution in [0.3, 0.4) is 0 Å². The fraction of sp³-hybridized carbons (Fsp3) is 0.188. The van der Waals surface area contributed by atoms with E-state index in [4.69, 9.17) is 4.74 Å². The Hall–Kier alpha value is -2.20. The van der Waals surface area contributed by atoms with E-state index in [-0.39, 0.29) is 0 Å². The first kappa shape index (κ1) is 14.2. The summed E-state index contributed by atoms with van der Waals surface area (Å²) >= 11 is 0. The number of carbonyl (C=O) groups excluding carboxylic acids is 1. The number of ether oxygens (including phenoxy) is 1. The van der Waals surface area contributed by atoms with Crippen LogP contribution < -0.4 is 0 Å². The van der Waals surface area contributed by atoms with Gasteiger partial charge in [0.05, 0.1) is 13.2 Å². The van der Waals surface area contributed by atoms with Crippen LogP contribution >= 0.6 is 0 Å². The largest absolute Gasteiger partial charge is 0.468 e. The van der Waals surface area contributed by atoms with Gasteiger partial charge in [-0.2, -0.15) is 0 Å². The number of hydrogen-bond donors (Lipinski definition) is 1. The average Bonchev–Trinajstić information content (AvgIpc) is 2.49. The van der Waals surface area contributed by atoms with Gasteiger partial charge in [-0.15, -0.1) is 0 Å². The summed E-state index contributed by atoms with van der Waals surface area (Å²) in [5, 5.41) is 10.4. The molecular weight excluding hydrogens is 259 g/mol. The second-order valence-corrected chi connectivity index (χ2v) is 4.41. The van der Waals surface area contributed by atoms with Gasteiger partial charge in [-0.05, 0) is 23.3 Å². The highest BCUT2D eigenvalue weighted by Gasteiger charge is 2.30. The van der Waals surface area contributed by atoms with E-state index in [1.807, 2.05) is 6.07 Å². The maximum absolute atomic E-state index is 12.9. The topological polar surface area (TPSA) is 46.5 Å². The molecule has 0 aliphatic rings. The van der Waals surface area contributed by atoms with E-state index in [0.717, 1.165) is 0 Å². The normalized spacial score (nSPS) is 13.6. The van der Waals surface area contributed by atoms with Crippen LogP contribution in [0, 0.1) is 5.82 Å². The molecule has 3 nitrogen and oxygen atoms in total. The molecule has 2 rings (SSSR count). The van der Waals surface area contributed by atoms with E-state index < -0.39 is 23.8 Å². The molecule has 0 unspecified atom stereocenters. The third-order valence-electron chi connectivity index (χ3n) is 3.14. The molecule has 2 atom stereocenters. The molecule has 0 bridgehead atoms. The van der Waals surface area contributed by atoms with Gasteiger partial charge in [0.15, 0.2) is 0 Å². The van der Waals surface area contributed by atoms with Gasteiger partial charge in [-0.25, -0.2) is 4.39 Å². The molecule has 0 aromatic heterocycles. The summed E-state index contributed by atoms with van der Waals surface area (Å²) in [4.78, 5) is 11.9. The van der Waals surface area contributed by atoms with Crippen molar-refractivity contribution in [3.8, 4) is 0 Å². The summed E-state index contributed by atoms with van der Waals surface area (Å²) in [6, 6.07) is 14.3. The van der Waals surface area contributed by atoms with Gasteiger partial charge in [-0.1, -0.05) is 42.5 Å². The first-order valence-corrected chi connectivity index (χ1v) is 6.20. The molecule has 2 aromatic carbocycles. The van der Waals surface area contributed by atoms with E-state index in [9.17, 15) is 14.3 Å². The van der Waals surface area contributed by atoms with Crippen LogP contribution in [0.25, 0.3) is 0 Å². The lowest BCUT2D eigenvalue weighted by Gasteiger charge is -2.21. The van der Waals surface area contributed by atoms with E-state index in [1.54, 1.807) is 24.3 Å². The van der Waals surface area contributed by atoms with Crippen molar-refractivity contribution in [3.63, 3.8) is 0 Å². The third kappa shape index (κ3) is 3.03. The summed E-state index contributed by atoms with van der Waals surface area (Å²) in [7, 11) is 1.27. The lowest BCUT2D eigenvalue weighted by atomic mass is 9.89. The van der Waals surface area contributed by atoms with Gasteiger partial charge in [0.2, 0.25) is 0 Å². The third-order valence-corrected chi connectivity index (χ3v) is 3.14. The summed E-state index contributed by atoms with van der Waals surface area (Å²) in [6.07, 6.45) is -1.09. The molecule has 4 heteroatoms. The molecule has 1 N–H and O–H groups in total. The van der Waals surface area contributed by atoms with Crippen molar-refractivity contribution in [3.05, 3.63) is 71.5 Å². The first-order chi connectivity index (χ1) is 9.63. The number of benzene rings is 2. The Morgan fingerprint density at radius 2 is 1.65 bits per heavy atom. The van der Waals surface area contributed by atoms with Crippen LogP contribution in [-0.2, 0) is 9.53 Å². The van der Waals surface area contributed by atoms with Gasteiger partial charge < -0.3 is 9.84 Å². The Labute approximate surface area is 116 Å². The predicted molar refractivity (Wildman–Crippen MR) is 72.6 cm³/mol. The van der Waals surface area contributed by atoms with Crippen molar-refractivity contribution in [2.75, 3.05) is 7.11 Å².